The molecule has 0 bridgehead atoms. The predicted molar refractivity (Wildman–Crippen MR) is 80.7 cm³/mol. The molecule has 2 aromatic heterocycles. The molecule has 0 saturated heterocycles. The van der Waals surface area contributed by atoms with E-state index in [1.54, 1.807) is 0 Å². The molecule has 9 heteroatoms. The third-order valence-electron chi connectivity index (χ3n) is 3.90. The van der Waals surface area contributed by atoms with E-state index in [1.807, 2.05) is 0 Å². The van der Waals surface area contributed by atoms with E-state index in [9.17, 15) is 22.4 Å². The number of hydrogen-bond acceptors (Lipinski definition) is 4. The van der Waals surface area contributed by atoms with Crippen LogP contribution in [-0.2, 0) is 22.2 Å². The summed E-state index contributed by atoms with van der Waals surface area (Å²) in [4.78, 5) is 12.3. The molecule has 1 aromatic carbocycles. The average molecular weight is 359 g/mol. The number of benzene rings is 1. The van der Waals surface area contributed by atoms with Crippen LogP contribution in [0.5, 0.6) is 0 Å². The molecule has 3 rings (SSSR count). The van der Waals surface area contributed by atoms with E-state index in [-0.39, 0.29) is 22.8 Å². The van der Waals surface area contributed by atoms with Gasteiger partial charge in [0.15, 0.2) is 11.9 Å². The van der Waals surface area contributed by atoms with Crippen molar-refractivity contribution < 1.29 is 31.5 Å². The summed E-state index contributed by atoms with van der Waals surface area (Å²) in [6, 6.07) is 3.32. The Morgan fingerprint density at radius 2 is 1.84 bits per heavy atom. The van der Waals surface area contributed by atoms with Gasteiger partial charge in [-0.25, -0.2) is 9.18 Å². The minimum atomic E-state index is -4.99. The van der Waals surface area contributed by atoms with Crippen LogP contribution in [0.2, 0.25) is 0 Å². The molecule has 0 N–H and O–H groups in total. The number of alkyl halides is 3. The molecule has 0 unspecified atom stereocenters. The van der Waals surface area contributed by atoms with Gasteiger partial charge in [0.25, 0.3) is 0 Å². The summed E-state index contributed by atoms with van der Waals surface area (Å²) in [7, 11) is 2.83. The number of aromatic nitrogens is 1. The van der Waals surface area contributed by atoms with E-state index < -0.39 is 35.1 Å². The highest BCUT2D eigenvalue weighted by atomic mass is 19.4. The SMILES string of the molecule is COC(Cn1ccc2c3ccc(F)c(C(F)(F)F)c3oc(=O)c21)OC. The van der Waals surface area contributed by atoms with Crippen molar-refractivity contribution in [3.8, 4) is 0 Å². The lowest BCUT2D eigenvalue weighted by Crippen LogP contribution is -2.21. The molecule has 0 spiro atoms. The van der Waals surface area contributed by atoms with Gasteiger partial charge < -0.3 is 18.5 Å². The molecule has 0 fully saturated rings. The Balaban J connectivity index is 2.31. The summed E-state index contributed by atoms with van der Waals surface area (Å²) >= 11 is 0. The van der Waals surface area contributed by atoms with Crippen LogP contribution in [0.1, 0.15) is 5.56 Å². The minimum absolute atomic E-state index is 0.00606. The highest BCUT2D eigenvalue weighted by Crippen LogP contribution is 2.38. The zero-order valence-electron chi connectivity index (χ0n) is 13.2. The molecule has 0 atom stereocenters. The zero-order chi connectivity index (χ0) is 18.4. The topological polar surface area (TPSA) is 53.6 Å². The number of nitrogens with zero attached hydrogens (tertiary/aromatic N) is 1. The monoisotopic (exact) mass is 359 g/mol. The van der Waals surface area contributed by atoms with Crippen molar-refractivity contribution in [3.05, 3.63) is 46.2 Å². The number of ether oxygens (including phenoxy) is 2. The lowest BCUT2D eigenvalue weighted by Gasteiger charge is -2.15. The predicted octanol–water partition coefficient (Wildman–Crippen LogP) is 3.52. The van der Waals surface area contributed by atoms with Crippen molar-refractivity contribution in [2.45, 2.75) is 19.0 Å². The molecule has 0 aliphatic carbocycles. The standard InChI is InChI=1S/C16H13F4NO4/c1-23-11(24-2)7-21-6-5-8-9-3-4-10(17)12(16(18,19)20)14(9)25-15(22)13(8)21/h3-6,11H,7H2,1-2H3. The van der Waals surface area contributed by atoms with Gasteiger partial charge in [-0.2, -0.15) is 13.2 Å². The Hall–Kier alpha value is -2.39. The maximum Gasteiger partial charge on any atom is 0.422 e. The van der Waals surface area contributed by atoms with Gasteiger partial charge in [-0.15, -0.1) is 0 Å². The second-order valence-electron chi connectivity index (χ2n) is 5.32. The quantitative estimate of drug-likeness (QED) is 0.406. The first-order chi connectivity index (χ1) is 11.8. The van der Waals surface area contributed by atoms with Gasteiger partial charge in [-0.05, 0) is 18.2 Å². The minimum Gasteiger partial charge on any atom is -0.420 e. The summed E-state index contributed by atoms with van der Waals surface area (Å²) < 4.78 is 69.5. The fraction of sp³-hybridized carbons (Fsp3) is 0.312. The molecule has 2 heterocycles. The van der Waals surface area contributed by atoms with E-state index in [0.29, 0.717) is 6.07 Å². The van der Waals surface area contributed by atoms with Crippen LogP contribution in [0.15, 0.2) is 33.6 Å². The number of methoxy groups -OCH3 is 2. The molecule has 134 valence electrons. The van der Waals surface area contributed by atoms with Crippen molar-refractivity contribution in [1.82, 2.24) is 4.57 Å². The summed E-state index contributed by atoms with van der Waals surface area (Å²) in [5.74, 6) is -1.50. The van der Waals surface area contributed by atoms with Crippen molar-refractivity contribution in [2.75, 3.05) is 14.2 Å². The van der Waals surface area contributed by atoms with Crippen LogP contribution in [0.4, 0.5) is 17.6 Å². The number of fused-ring (bicyclic) bond motifs is 3. The molecule has 25 heavy (non-hydrogen) atoms. The van der Waals surface area contributed by atoms with E-state index in [2.05, 4.69) is 0 Å². The Morgan fingerprint density at radius 1 is 1.16 bits per heavy atom. The normalized spacial score (nSPS) is 12.6. The Bertz CT molecular complexity index is 986. The van der Waals surface area contributed by atoms with Crippen LogP contribution in [-0.4, -0.2) is 25.1 Å². The second kappa shape index (κ2) is 6.16. The van der Waals surface area contributed by atoms with Crippen molar-refractivity contribution >= 4 is 21.9 Å². The van der Waals surface area contributed by atoms with Gasteiger partial charge >= 0.3 is 11.8 Å². The first-order valence-corrected chi connectivity index (χ1v) is 7.15. The van der Waals surface area contributed by atoms with E-state index in [0.717, 1.165) is 6.07 Å². The Morgan fingerprint density at radius 3 is 2.44 bits per heavy atom. The van der Waals surface area contributed by atoms with Gasteiger partial charge in [-0.1, -0.05) is 0 Å². The summed E-state index contributed by atoms with van der Waals surface area (Å²) in [5.41, 5.74) is -3.37. The van der Waals surface area contributed by atoms with Crippen LogP contribution >= 0.6 is 0 Å². The third kappa shape index (κ3) is 2.89. The van der Waals surface area contributed by atoms with Gasteiger partial charge in [0.1, 0.15) is 16.9 Å². The van der Waals surface area contributed by atoms with E-state index in [1.165, 1.54) is 31.0 Å². The highest BCUT2D eigenvalue weighted by Gasteiger charge is 2.38. The van der Waals surface area contributed by atoms with E-state index in [4.69, 9.17) is 13.9 Å². The third-order valence-corrected chi connectivity index (χ3v) is 3.90. The Labute approximate surface area is 138 Å². The van der Waals surface area contributed by atoms with Crippen LogP contribution in [0.3, 0.4) is 0 Å². The molecule has 0 saturated carbocycles. The molecule has 0 amide bonds. The molecule has 5 nitrogen and oxygen atoms in total. The molecular formula is C16H13F4NO4. The molecule has 0 radical (unpaired) electrons. The molecular weight excluding hydrogens is 346 g/mol. The number of rotatable bonds is 4. The maximum absolute atomic E-state index is 13.7. The zero-order valence-corrected chi connectivity index (χ0v) is 13.2. The lowest BCUT2D eigenvalue weighted by atomic mass is 10.1. The summed E-state index contributed by atoms with van der Waals surface area (Å²) in [6.45, 7) is 0.125. The number of hydrogen-bond donors (Lipinski definition) is 0. The summed E-state index contributed by atoms with van der Waals surface area (Å²) in [5, 5.41) is 0.219. The van der Waals surface area contributed by atoms with Gasteiger partial charge in [0, 0.05) is 31.2 Å². The lowest BCUT2D eigenvalue weighted by molar-refractivity contribution is -0.139. The molecule has 0 aliphatic heterocycles. The van der Waals surface area contributed by atoms with Crippen LogP contribution in [0, 0.1) is 5.82 Å². The first kappa shape index (κ1) is 17.4. The van der Waals surface area contributed by atoms with Gasteiger partial charge in [0.2, 0.25) is 0 Å². The fourth-order valence-electron chi connectivity index (χ4n) is 2.76. The largest absolute Gasteiger partial charge is 0.422 e. The number of halogens is 4. The van der Waals surface area contributed by atoms with Crippen LogP contribution < -0.4 is 5.63 Å². The van der Waals surface area contributed by atoms with E-state index >= 15 is 0 Å². The average Bonchev–Trinajstić information content (AvgIpc) is 2.95. The maximum atomic E-state index is 13.7. The van der Waals surface area contributed by atoms with Crippen molar-refractivity contribution in [3.63, 3.8) is 0 Å². The molecule has 3 aromatic rings. The van der Waals surface area contributed by atoms with Crippen molar-refractivity contribution in [2.24, 2.45) is 0 Å². The summed E-state index contributed by atoms with van der Waals surface area (Å²) in [6.07, 6.45) is -4.15. The smallest absolute Gasteiger partial charge is 0.420 e. The Kier molecular flexibility index (Phi) is 4.29. The second-order valence-corrected chi connectivity index (χ2v) is 5.32. The van der Waals surface area contributed by atoms with Gasteiger partial charge in [0.05, 0.1) is 6.54 Å². The fourth-order valence-corrected chi connectivity index (χ4v) is 2.76. The molecule has 0 aliphatic rings. The van der Waals surface area contributed by atoms with Crippen LogP contribution in [0.25, 0.3) is 21.9 Å². The van der Waals surface area contributed by atoms with Gasteiger partial charge in [-0.3, -0.25) is 0 Å². The highest BCUT2D eigenvalue weighted by molar-refractivity contribution is 6.04. The first-order valence-electron chi connectivity index (χ1n) is 7.15. The van der Waals surface area contributed by atoms with Crippen molar-refractivity contribution in [1.29, 1.82) is 0 Å².